The van der Waals surface area contributed by atoms with Crippen molar-refractivity contribution < 1.29 is 14.6 Å². The van der Waals surface area contributed by atoms with Crippen molar-refractivity contribution in [3.63, 3.8) is 0 Å². The van der Waals surface area contributed by atoms with E-state index in [-0.39, 0.29) is 17.9 Å². The van der Waals surface area contributed by atoms with E-state index >= 15 is 0 Å². The zero-order valence-corrected chi connectivity index (χ0v) is 15.4. The summed E-state index contributed by atoms with van der Waals surface area (Å²) in [7, 11) is 0. The molecule has 0 saturated carbocycles. The van der Waals surface area contributed by atoms with Crippen molar-refractivity contribution in [3.05, 3.63) is 75.6 Å². The number of hydrogen-bond donors (Lipinski definition) is 1. The van der Waals surface area contributed by atoms with E-state index in [1.165, 1.54) is 11.8 Å². The summed E-state index contributed by atoms with van der Waals surface area (Å²) in [5, 5.41) is 11.5. The third-order valence-corrected chi connectivity index (χ3v) is 4.70. The van der Waals surface area contributed by atoms with Gasteiger partial charge in [0.2, 0.25) is 0 Å². The molecule has 1 aromatic heterocycles. The zero-order valence-electron chi connectivity index (χ0n) is 13.8. The van der Waals surface area contributed by atoms with Gasteiger partial charge in [0, 0.05) is 17.4 Å². The number of hydrogen-bond acceptors (Lipinski definition) is 6. The molecular weight excluding hydrogens is 372 g/mol. The molecule has 132 valence electrons. The third-order valence-electron chi connectivity index (χ3n) is 3.43. The van der Waals surface area contributed by atoms with Crippen molar-refractivity contribution in [1.29, 1.82) is 0 Å². The molecule has 1 N–H and O–H groups in total. The number of pyridine rings is 1. The standard InChI is InChI=1S/C19H15ClN2O3S/c1-2-25-19(24)16-17(23)15(11-12-7-9-21-10-8-12)26-18(16)22-14-5-3-13(20)4-6-14/h3-11,23H,2H2,1H3/b15-11+,22-18?. The molecule has 0 spiro atoms. The number of thioether (sulfide) groups is 1. The quantitative estimate of drug-likeness (QED) is 0.754. The highest BCUT2D eigenvalue weighted by atomic mass is 35.5. The fourth-order valence-corrected chi connectivity index (χ4v) is 3.40. The van der Waals surface area contributed by atoms with Crippen LogP contribution in [-0.2, 0) is 9.53 Å². The predicted octanol–water partition coefficient (Wildman–Crippen LogP) is 4.93. The molecule has 7 heteroatoms. The number of carbonyl (C=O) groups is 1. The van der Waals surface area contributed by atoms with Crippen LogP contribution in [0.4, 0.5) is 5.69 Å². The van der Waals surface area contributed by atoms with Gasteiger partial charge in [-0.1, -0.05) is 23.4 Å². The van der Waals surface area contributed by atoms with E-state index in [1.54, 1.807) is 61.8 Å². The number of esters is 1. The van der Waals surface area contributed by atoms with E-state index < -0.39 is 5.97 Å². The average molecular weight is 387 g/mol. The van der Waals surface area contributed by atoms with E-state index in [0.29, 0.717) is 20.7 Å². The molecule has 26 heavy (non-hydrogen) atoms. The van der Waals surface area contributed by atoms with Crippen molar-refractivity contribution in [2.24, 2.45) is 4.99 Å². The molecule has 0 amide bonds. The van der Waals surface area contributed by atoms with E-state index in [1.807, 2.05) is 0 Å². The molecule has 0 fully saturated rings. The summed E-state index contributed by atoms with van der Waals surface area (Å²) in [6, 6.07) is 10.5. The van der Waals surface area contributed by atoms with Crippen LogP contribution in [0.15, 0.2) is 70.0 Å². The Hall–Kier alpha value is -2.57. The molecule has 0 bridgehead atoms. The summed E-state index contributed by atoms with van der Waals surface area (Å²) in [5.74, 6) is -0.749. The Balaban J connectivity index is 2.02. The van der Waals surface area contributed by atoms with Crippen molar-refractivity contribution in [2.75, 3.05) is 6.61 Å². The summed E-state index contributed by atoms with van der Waals surface area (Å²) < 4.78 is 5.07. The van der Waals surface area contributed by atoms with E-state index in [4.69, 9.17) is 16.3 Å². The van der Waals surface area contributed by atoms with Gasteiger partial charge in [-0.05, 0) is 55.0 Å². The number of aliphatic hydroxyl groups excluding tert-OH is 1. The number of aromatic nitrogens is 1. The Labute approximate surface area is 160 Å². The largest absolute Gasteiger partial charge is 0.506 e. The Kier molecular flexibility index (Phi) is 5.75. The first-order valence-corrected chi connectivity index (χ1v) is 9.03. The molecule has 2 aromatic rings. The molecule has 1 aliphatic heterocycles. The first-order valence-electron chi connectivity index (χ1n) is 7.83. The first kappa shape index (κ1) is 18.2. The van der Waals surface area contributed by atoms with Gasteiger partial charge < -0.3 is 9.84 Å². The number of carbonyl (C=O) groups excluding carboxylic acids is 1. The third kappa shape index (κ3) is 4.15. The average Bonchev–Trinajstić information content (AvgIpc) is 2.93. The van der Waals surface area contributed by atoms with Gasteiger partial charge in [0.15, 0.2) is 0 Å². The highest BCUT2D eigenvalue weighted by Crippen LogP contribution is 2.40. The maximum Gasteiger partial charge on any atom is 0.344 e. The second-order valence-electron chi connectivity index (χ2n) is 5.23. The fraction of sp³-hybridized carbons (Fsp3) is 0.105. The topological polar surface area (TPSA) is 71.8 Å². The van der Waals surface area contributed by atoms with Crippen molar-refractivity contribution in [3.8, 4) is 0 Å². The van der Waals surface area contributed by atoms with Gasteiger partial charge in [0.1, 0.15) is 16.4 Å². The second kappa shape index (κ2) is 8.21. The fourth-order valence-electron chi connectivity index (χ4n) is 2.24. The molecule has 0 atom stereocenters. The molecule has 1 aromatic carbocycles. The molecule has 0 radical (unpaired) electrons. The van der Waals surface area contributed by atoms with Crippen molar-refractivity contribution in [2.45, 2.75) is 6.92 Å². The van der Waals surface area contributed by atoms with Gasteiger partial charge in [0.25, 0.3) is 0 Å². The Bertz CT molecular complexity index is 906. The summed E-state index contributed by atoms with van der Waals surface area (Å²) in [6.45, 7) is 1.92. The number of ether oxygens (including phenoxy) is 1. The van der Waals surface area contributed by atoms with E-state index in [0.717, 1.165) is 5.56 Å². The zero-order chi connectivity index (χ0) is 18.5. The normalized spacial score (nSPS) is 17.2. The van der Waals surface area contributed by atoms with E-state index in [9.17, 15) is 9.90 Å². The lowest BCUT2D eigenvalue weighted by Gasteiger charge is -2.03. The minimum absolute atomic E-state index is 0.0621. The van der Waals surface area contributed by atoms with Gasteiger partial charge in [0.05, 0.1) is 17.2 Å². The van der Waals surface area contributed by atoms with Crippen LogP contribution in [0.1, 0.15) is 12.5 Å². The summed E-state index contributed by atoms with van der Waals surface area (Å²) in [4.78, 5) is 21.3. The van der Waals surface area contributed by atoms with Crippen LogP contribution in [0.3, 0.4) is 0 Å². The maximum atomic E-state index is 12.3. The smallest absolute Gasteiger partial charge is 0.344 e. The molecule has 2 heterocycles. The van der Waals surface area contributed by atoms with Gasteiger partial charge in [-0.3, -0.25) is 4.98 Å². The molecule has 0 unspecified atom stereocenters. The van der Waals surface area contributed by atoms with Gasteiger partial charge in [-0.25, -0.2) is 9.79 Å². The van der Waals surface area contributed by atoms with Crippen molar-refractivity contribution >= 4 is 46.1 Å². The molecule has 0 aliphatic carbocycles. The van der Waals surface area contributed by atoms with Crippen LogP contribution in [0.25, 0.3) is 6.08 Å². The minimum Gasteiger partial charge on any atom is -0.506 e. The maximum absolute atomic E-state index is 12.3. The number of rotatable bonds is 4. The van der Waals surface area contributed by atoms with Crippen LogP contribution in [0, 0.1) is 0 Å². The molecule has 1 aliphatic rings. The number of aliphatic hydroxyl groups is 1. The van der Waals surface area contributed by atoms with Crippen LogP contribution < -0.4 is 0 Å². The summed E-state index contributed by atoms with van der Waals surface area (Å²) >= 11 is 7.10. The number of nitrogens with zero attached hydrogens (tertiary/aromatic N) is 2. The number of benzene rings is 1. The number of halogens is 1. The van der Waals surface area contributed by atoms with Gasteiger partial charge >= 0.3 is 5.97 Å². The Morgan fingerprint density at radius 2 is 1.96 bits per heavy atom. The van der Waals surface area contributed by atoms with Crippen LogP contribution in [0.5, 0.6) is 0 Å². The van der Waals surface area contributed by atoms with Gasteiger partial charge in [-0.2, -0.15) is 0 Å². The lowest BCUT2D eigenvalue weighted by Crippen LogP contribution is -2.12. The molecule has 0 saturated heterocycles. The predicted molar refractivity (Wildman–Crippen MR) is 105 cm³/mol. The minimum atomic E-state index is -0.608. The Morgan fingerprint density at radius 3 is 2.62 bits per heavy atom. The van der Waals surface area contributed by atoms with Crippen LogP contribution >= 0.6 is 23.4 Å². The highest BCUT2D eigenvalue weighted by molar-refractivity contribution is 8.18. The first-order chi connectivity index (χ1) is 12.6. The molecule has 3 rings (SSSR count). The molecule has 5 nitrogen and oxygen atoms in total. The Morgan fingerprint density at radius 1 is 1.27 bits per heavy atom. The summed E-state index contributed by atoms with van der Waals surface area (Å²) in [5.41, 5.74) is 1.54. The monoisotopic (exact) mass is 386 g/mol. The molecular formula is C19H15ClN2O3S. The van der Waals surface area contributed by atoms with Gasteiger partial charge in [-0.15, -0.1) is 0 Å². The van der Waals surface area contributed by atoms with Crippen LogP contribution in [-0.4, -0.2) is 27.7 Å². The lowest BCUT2D eigenvalue weighted by molar-refractivity contribution is -0.138. The van der Waals surface area contributed by atoms with Crippen molar-refractivity contribution in [1.82, 2.24) is 4.98 Å². The number of aliphatic imine (C=N–C) groups is 1. The highest BCUT2D eigenvalue weighted by Gasteiger charge is 2.33. The van der Waals surface area contributed by atoms with E-state index in [2.05, 4.69) is 9.98 Å². The lowest BCUT2D eigenvalue weighted by atomic mass is 10.2. The second-order valence-corrected chi connectivity index (χ2v) is 6.70. The SMILES string of the molecule is CCOC(=O)C1=C(O)/C(=C\c2ccncc2)SC1=Nc1ccc(Cl)cc1. The summed E-state index contributed by atoms with van der Waals surface area (Å²) in [6.07, 6.45) is 5.08. The van der Waals surface area contributed by atoms with Crippen LogP contribution in [0.2, 0.25) is 5.02 Å².